The highest BCUT2D eigenvalue weighted by Crippen LogP contribution is 2.31. The number of fused-ring (bicyclic) bond motifs is 1. The molecule has 3 rings (SSSR count). The van der Waals surface area contributed by atoms with E-state index in [2.05, 4.69) is 15.1 Å². The third kappa shape index (κ3) is 3.03. The van der Waals surface area contributed by atoms with Crippen molar-refractivity contribution in [1.82, 2.24) is 19.6 Å². The summed E-state index contributed by atoms with van der Waals surface area (Å²) < 4.78 is 53.2. The third-order valence-electron chi connectivity index (χ3n) is 3.10. The Bertz CT molecular complexity index is 919. The summed E-state index contributed by atoms with van der Waals surface area (Å²) in [5, 5.41) is 12.3. The molecule has 10 heteroatoms. The van der Waals surface area contributed by atoms with Crippen LogP contribution in [0.15, 0.2) is 30.3 Å². The first-order chi connectivity index (χ1) is 11.2. The zero-order valence-corrected chi connectivity index (χ0v) is 11.8. The van der Waals surface area contributed by atoms with Crippen molar-refractivity contribution >= 4 is 11.7 Å². The number of hydrogen-bond acceptors (Lipinski definition) is 4. The molecule has 124 valence electrons. The van der Waals surface area contributed by atoms with Crippen LogP contribution in [0.25, 0.3) is 17.0 Å². The SMILES string of the molecule is O=C(O)Cc1nc2nc(-c3ccc(F)cc3)cc(C(F)(F)F)n2n1. The molecule has 2 heterocycles. The average molecular weight is 340 g/mol. The first kappa shape index (κ1) is 15.8. The van der Waals surface area contributed by atoms with Crippen LogP contribution in [-0.4, -0.2) is 30.7 Å². The van der Waals surface area contributed by atoms with E-state index in [1.807, 2.05) is 0 Å². The van der Waals surface area contributed by atoms with E-state index in [9.17, 15) is 22.4 Å². The molecule has 0 radical (unpaired) electrons. The van der Waals surface area contributed by atoms with E-state index in [-0.39, 0.29) is 22.9 Å². The monoisotopic (exact) mass is 340 g/mol. The first-order valence-corrected chi connectivity index (χ1v) is 6.55. The summed E-state index contributed by atoms with van der Waals surface area (Å²) in [4.78, 5) is 18.3. The topological polar surface area (TPSA) is 80.4 Å². The van der Waals surface area contributed by atoms with Crippen molar-refractivity contribution in [1.29, 1.82) is 0 Å². The first-order valence-electron chi connectivity index (χ1n) is 6.55. The Labute approximate surface area is 131 Å². The lowest BCUT2D eigenvalue weighted by molar-refractivity contribution is -0.142. The molecule has 24 heavy (non-hydrogen) atoms. The molecule has 0 saturated carbocycles. The minimum Gasteiger partial charge on any atom is -0.481 e. The van der Waals surface area contributed by atoms with Crippen LogP contribution in [0.3, 0.4) is 0 Å². The van der Waals surface area contributed by atoms with E-state index < -0.39 is 30.1 Å². The maximum Gasteiger partial charge on any atom is 0.433 e. The van der Waals surface area contributed by atoms with Gasteiger partial charge in [-0.25, -0.2) is 9.37 Å². The van der Waals surface area contributed by atoms with Gasteiger partial charge in [-0.3, -0.25) is 4.79 Å². The molecule has 0 fully saturated rings. The van der Waals surface area contributed by atoms with Crippen molar-refractivity contribution in [3.63, 3.8) is 0 Å². The van der Waals surface area contributed by atoms with Crippen LogP contribution < -0.4 is 0 Å². The van der Waals surface area contributed by atoms with Gasteiger partial charge in [0.05, 0.1) is 5.69 Å². The predicted octanol–water partition coefficient (Wildman–Crippen LogP) is 2.58. The third-order valence-corrected chi connectivity index (χ3v) is 3.10. The second kappa shape index (κ2) is 5.55. The predicted molar refractivity (Wildman–Crippen MR) is 72.5 cm³/mol. The van der Waals surface area contributed by atoms with Gasteiger partial charge in [-0.15, -0.1) is 5.10 Å². The highest BCUT2D eigenvalue weighted by Gasteiger charge is 2.35. The van der Waals surface area contributed by atoms with Crippen molar-refractivity contribution in [3.05, 3.63) is 47.7 Å². The summed E-state index contributed by atoms with van der Waals surface area (Å²) in [6.45, 7) is 0. The Kier molecular flexibility index (Phi) is 3.66. The number of nitrogens with zero attached hydrogens (tertiary/aromatic N) is 4. The molecule has 6 nitrogen and oxygen atoms in total. The molecule has 1 aromatic carbocycles. The molecule has 0 aliphatic heterocycles. The summed E-state index contributed by atoms with van der Waals surface area (Å²) >= 11 is 0. The second-order valence-corrected chi connectivity index (χ2v) is 4.84. The summed E-state index contributed by atoms with van der Waals surface area (Å²) in [6.07, 6.45) is -5.39. The van der Waals surface area contributed by atoms with Crippen LogP contribution in [0, 0.1) is 5.82 Å². The van der Waals surface area contributed by atoms with Crippen LogP contribution in [0.1, 0.15) is 11.5 Å². The molecular formula is C14H8F4N4O2. The number of halogens is 4. The highest BCUT2D eigenvalue weighted by atomic mass is 19.4. The molecule has 0 atom stereocenters. The maximum absolute atomic E-state index is 13.3. The lowest BCUT2D eigenvalue weighted by Gasteiger charge is -2.10. The number of rotatable bonds is 3. The van der Waals surface area contributed by atoms with Gasteiger partial charge in [-0.05, 0) is 30.3 Å². The van der Waals surface area contributed by atoms with Gasteiger partial charge < -0.3 is 5.11 Å². The summed E-state index contributed by atoms with van der Waals surface area (Å²) in [5.74, 6) is -2.50. The zero-order valence-electron chi connectivity index (χ0n) is 11.8. The van der Waals surface area contributed by atoms with Gasteiger partial charge in [0.15, 0.2) is 11.5 Å². The molecule has 1 N–H and O–H groups in total. The Morgan fingerprint density at radius 2 is 1.83 bits per heavy atom. The summed E-state index contributed by atoms with van der Waals surface area (Å²) in [6, 6.07) is 5.49. The van der Waals surface area contributed by atoms with Gasteiger partial charge in [0.1, 0.15) is 12.2 Å². The Balaban J connectivity index is 2.21. The van der Waals surface area contributed by atoms with Crippen LogP contribution in [0.2, 0.25) is 0 Å². The molecule has 0 spiro atoms. The van der Waals surface area contributed by atoms with Gasteiger partial charge in [0.25, 0.3) is 5.78 Å². The second-order valence-electron chi connectivity index (χ2n) is 4.84. The van der Waals surface area contributed by atoms with E-state index in [1.54, 1.807) is 0 Å². The van der Waals surface area contributed by atoms with Crippen molar-refractivity contribution in [3.8, 4) is 11.3 Å². The van der Waals surface area contributed by atoms with E-state index in [1.165, 1.54) is 12.1 Å². The van der Waals surface area contributed by atoms with Crippen LogP contribution in [-0.2, 0) is 17.4 Å². The molecule has 0 aliphatic rings. The van der Waals surface area contributed by atoms with Crippen molar-refractivity contribution in [2.45, 2.75) is 12.6 Å². The van der Waals surface area contributed by atoms with Gasteiger partial charge >= 0.3 is 12.1 Å². The molecule has 3 aromatic rings. The number of carboxylic acid groups (broad SMARTS) is 1. The Morgan fingerprint density at radius 1 is 1.17 bits per heavy atom. The number of alkyl halides is 3. The number of hydrogen-bond donors (Lipinski definition) is 1. The number of benzene rings is 1. The molecule has 2 aromatic heterocycles. The Hall–Kier alpha value is -3.04. The van der Waals surface area contributed by atoms with Gasteiger partial charge in [0, 0.05) is 5.56 Å². The minimum absolute atomic E-state index is 0.0795. The molecule has 0 aliphatic carbocycles. The normalized spacial score (nSPS) is 11.8. The number of aliphatic carboxylic acids is 1. The number of carbonyl (C=O) groups is 1. The van der Waals surface area contributed by atoms with Crippen molar-refractivity contribution < 1.29 is 27.5 Å². The smallest absolute Gasteiger partial charge is 0.433 e. The van der Waals surface area contributed by atoms with Crippen molar-refractivity contribution in [2.75, 3.05) is 0 Å². The fourth-order valence-electron chi connectivity index (χ4n) is 2.09. The molecule has 0 bridgehead atoms. The highest BCUT2D eigenvalue weighted by molar-refractivity contribution is 5.69. The fourth-order valence-corrected chi connectivity index (χ4v) is 2.09. The van der Waals surface area contributed by atoms with Gasteiger partial charge in [-0.1, -0.05) is 0 Å². The van der Waals surface area contributed by atoms with Crippen LogP contribution >= 0.6 is 0 Å². The molecular weight excluding hydrogens is 332 g/mol. The lowest BCUT2D eigenvalue weighted by atomic mass is 10.1. The lowest BCUT2D eigenvalue weighted by Crippen LogP contribution is -2.14. The van der Waals surface area contributed by atoms with E-state index in [4.69, 9.17) is 5.11 Å². The number of aromatic nitrogens is 4. The standard InChI is InChI=1S/C14H8F4N4O2/c15-8-3-1-7(2-4-8)9-5-10(14(16,17)18)22-13(19-9)20-11(21-22)6-12(23)24/h1-5H,6H2,(H,23,24). The summed E-state index contributed by atoms with van der Waals surface area (Å²) in [7, 11) is 0. The Morgan fingerprint density at radius 3 is 2.42 bits per heavy atom. The average Bonchev–Trinajstić information content (AvgIpc) is 2.87. The molecule has 0 amide bonds. The number of carboxylic acids is 1. The van der Waals surface area contributed by atoms with E-state index in [0.717, 1.165) is 18.2 Å². The fraction of sp³-hybridized carbons (Fsp3) is 0.143. The minimum atomic E-state index is -4.76. The van der Waals surface area contributed by atoms with E-state index >= 15 is 0 Å². The molecule has 0 unspecified atom stereocenters. The van der Waals surface area contributed by atoms with Gasteiger partial charge in [-0.2, -0.15) is 22.7 Å². The largest absolute Gasteiger partial charge is 0.481 e. The quantitative estimate of drug-likeness (QED) is 0.741. The summed E-state index contributed by atoms with van der Waals surface area (Å²) in [5.41, 5.74) is -0.979. The molecule has 0 saturated heterocycles. The van der Waals surface area contributed by atoms with Gasteiger partial charge in [0.2, 0.25) is 0 Å². The van der Waals surface area contributed by atoms with Crippen molar-refractivity contribution in [2.24, 2.45) is 0 Å². The van der Waals surface area contributed by atoms with E-state index in [0.29, 0.717) is 4.52 Å². The maximum atomic E-state index is 13.3. The zero-order chi connectivity index (χ0) is 17.5. The van der Waals surface area contributed by atoms with Crippen LogP contribution in [0.4, 0.5) is 17.6 Å². The van der Waals surface area contributed by atoms with Crippen LogP contribution in [0.5, 0.6) is 0 Å².